The third kappa shape index (κ3) is 1.90. The first-order chi connectivity index (χ1) is 9.03. The zero-order valence-corrected chi connectivity index (χ0v) is 12.1. The summed E-state index contributed by atoms with van der Waals surface area (Å²) in [5, 5.41) is 0.662. The highest BCUT2D eigenvalue weighted by Crippen LogP contribution is 2.39. The van der Waals surface area contributed by atoms with Crippen molar-refractivity contribution < 1.29 is 0 Å². The smallest absolute Gasteiger partial charge is 0.201 e. The molecule has 1 fully saturated rings. The van der Waals surface area contributed by atoms with Crippen molar-refractivity contribution in [2.75, 3.05) is 19.8 Å². The molecular weight excluding hydrogens is 260 g/mol. The van der Waals surface area contributed by atoms with Gasteiger partial charge in [0.25, 0.3) is 0 Å². The molecule has 1 aromatic heterocycles. The summed E-state index contributed by atoms with van der Waals surface area (Å²) >= 11 is 6.18. The number of rotatable bonds is 3. The van der Waals surface area contributed by atoms with Crippen molar-refractivity contribution in [2.45, 2.75) is 31.3 Å². The Hall–Kier alpha value is -1.26. The van der Waals surface area contributed by atoms with E-state index in [0.29, 0.717) is 11.0 Å². The summed E-state index contributed by atoms with van der Waals surface area (Å²) in [6.45, 7) is 0.878. The van der Waals surface area contributed by atoms with Crippen LogP contribution in [0, 0.1) is 0 Å². The largest absolute Gasteiger partial charge is 0.369 e. The molecule has 0 bridgehead atoms. The van der Waals surface area contributed by atoms with Gasteiger partial charge in [0.2, 0.25) is 5.95 Å². The van der Waals surface area contributed by atoms with E-state index >= 15 is 0 Å². The number of imidazole rings is 1. The lowest BCUT2D eigenvalue weighted by Gasteiger charge is -2.47. The van der Waals surface area contributed by atoms with Crippen LogP contribution in [0.4, 0.5) is 5.95 Å². The Bertz CT molecular complexity index is 613. The SMILES string of the molecule is CN(C)C1(Cn2c(N)nc3c(Cl)cccc32)CCC1. The molecule has 0 aliphatic heterocycles. The minimum Gasteiger partial charge on any atom is -0.369 e. The van der Waals surface area contributed by atoms with E-state index in [1.807, 2.05) is 18.2 Å². The standard InChI is InChI=1S/C14H19ClN4/c1-18(2)14(7-4-8-14)9-19-11-6-3-5-10(15)12(11)17-13(19)16/h3,5-6H,4,7-9H2,1-2H3,(H2,16,17). The highest BCUT2D eigenvalue weighted by Gasteiger charge is 2.40. The summed E-state index contributed by atoms with van der Waals surface area (Å²) in [5.74, 6) is 0.552. The van der Waals surface area contributed by atoms with Crippen molar-refractivity contribution in [3.8, 4) is 0 Å². The maximum atomic E-state index is 6.18. The van der Waals surface area contributed by atoms with Crippen molar-refractivity contribution in [1.29, 1.82) is 0 Å². The highest BCUT2D eigenvalue weighted by molar-refractivity contribution is 6.35. The van der Waals surface area contributed by atoms with E-state index in [-0.39, 0.29) is 5.54 Å². The first kappa shape index (κ1) is 12.8. The molecule has 2 N–H and O–H groups in total. The Balaban J connectivity index is 2.06. The third-order valence-electron chi connectivity index (χ3n) is 4.44. The summed E-state index contributed by atoms with van der Waals surface area (Å²) in [6.07, 6.45) is 3.70. The second-order valence-corrected chi connectivity index (χ2v) is 6.04. The van der Waals surface area contributed by atoms with Crippen molar-refractivity contribution in [3.05, 3.63) is 23.2 Å². The van der Waals surface area contributed by atoms with E-state index in [2.05, 4.69) is 28.5 Å². The van der Waals surface area contributed by atoms with Crippen LogP contribution in [0.3, 0.4) is 0 Å². The number of likely N-dealkylation sites (N-methyl/N-ethyl adjacent to an activating group) is 1. The van der Waals surface area contributed by atoms with Crippen LogP contribution in [0.15, 0.2) is 18.2 Å². The fourth-order valence-corrected chi connectivity index (χ4v) is 3.13. The molecule has 0 saturated heterocycles. The summed E-state index contributed by atoms with van der Waals surface area (Å²) in [4.78, 5) is 6.72. The molecule has 1 heterocycles. The van der Waals surface area contributed by atoms with Crippen molar-refractivity contribution in [3.63, 3.8) is 0 Å². The van der Waals surface area contributed by atoms with Gasteiger partial charge in [-0.05, 0) is 45.5 Å². The normalized spacial score (nSPS) is 17.9. The third-order valence-corrected chi connectivity index (χ3v) is 4.75. The zero-order chi connectivity index (χ0) is 13.6. The van der Waals surface area contributed by atoms with E-state index in [1.54, 1.807) is 0 Å². The molecule has 19 heavy (non-hydrogen) atoms. The van der Waals surface area contributed by atoms with Gasteiger partial charge in [-0.2, -0.15) is 0 Å². The monoisotopic (exact) mass is 278 g/mol. The molecule has 1 aromatic carbocycles. The molecule has 1 saturated carbocycles. The molecule has 1 aliphatic rings. The quantitative estimate of drug-likeness (QED) is 0.939. The lowest BCUT2D eigenvalue weighted by Crippen LogP contribution is -2.53. The Labute approximate surface area is 118 Å². The molecule has 5 heteroatoms. The summed E-state index contributed by atoms with van der Waals surface area (Å²) < 4.78 is 2.10. The highest BCUT2D eigenvalue weighted by atomic mass is 35.5. The van der Waals surface area contributed by atoms with Crippen LogP contribution >= 0.6 is 11.6 Å². The molecule has 0 unspecified atom stereocenters. The van der Waals surface area contributed by atoms with Gasteiger partial charge in [-0.1, -0.05) is 17.7 Å². The number of fused-ring (bicyclic) bond motifs is 1. The van der Waals surface area contributed by atoms with Gasteiger partial charge >= 0.3 is 0 Å². The topological polar surface area (TPSA) is 47.1 Å². The Morgan fingerprint density at radius 3 is 2.74 bits per heavy atom. The van der Waals surface area contributed by atoms with Gasteiger partial charge in [0.1, 0.15) is 5.52 Å². The van der Waals surface area contributed by atoms with Crippen LogP contribution in [0.5, 0.6) is 0 Å². The lowest BCUT2D eigenvalue weighted by atomic mass is 9.75. The first-order valence-electron chi connectivity index (χ1n) is 6.61. The van der Waals surface area contributed by atoms with Gasteiger partial charge in [0, 0.05) is 12.1 Å². The number of benzene rings is 1. The molecule has 0 amide bonds. The fourth-order valence-electron chi connectivity index (χ4n) is 2.92. The minimum atomic E-state index is 0.212. The average molecular weight is 279 g/mol. The second-order valence-electron chi connectivity index (χ2n) is 5.64. The van der Waals surface area contributed by atoms with Gasteiger partial charge in [-0.25, -0.2) is 4.98 Å². The van der Waals surface area contributed by atoms with Gasteiger partial charge in [-0.15, -0.1) is 0 Å². The Morgan fingerprint density at radius 1 is 1.42 bits per heavy atom. The molecular formula is C14H19ClN4. The Morgan fingerprint density at radius 2 is 2.16 bits per heavy atom. The first-order valence-corrected chi connectivity index (χ1v) is 6.99. The number of hydrogen-bond donors (Lipinski definition) is 1. The van der Waals surface area contributed by atoms with Crippen molar-refractivity contribution in [1.82, 2.24) is 14.5 Å². The number of nitrogens with zero attached hydrogens (tertiary/aromatic N) is 3. The number of para-hydroxylation sites is 1. The van der Waals surface area contributed by atoms with E-state index in [1.165, 1.54) is 19.3 Å². The van der Waals surface area contributed by atoms with Crippen LogP contribution < -0.4 is 5.73 Å². The van der Waals surface area contributed by atoms with Crippen LogP contribution in [0.25, 0.3) is 11.0 Å². The number of nitrogens with two attached hydrogens (primary N) is 1. The van der Waals surface area contributed by atoms with Gasteiger partial charge in [0.05, 0.1) is 10.5 Å². The minimum absolute atomic E-state index is 0.212. The average Bonchev–Trinajstić information content (AvgIpc) is 2.61. The molecule has 3 rings (SSSR count). The molecule has 0 atom stereocenters. The summed E-state index contributed by atoms with van der Waals surface area (Å²) in [7, 11) is 4.28. The van der Waals surface area contributed by atoms with Gasteiger partial charge < -0.3 is 15.2 Å². The van der Waals surface area contributed by atoms with Gasteiger partial charge in [0.15, 0.2) is 0 Å². The van der Waals surface area contributed by atoms with Crippen molar-refractivity contribution in [2.24, 2.45) is 0 Å². The predicted octanol–water partition coefficient (Wildman–Crippen LogP) is 2.76. The number of anilines is 1. The van der Waals surface area contributed by atoms with E-state index in [0.717, 1.165) is 17.6 Å². The van der Waals surface area contributed by atoms with Gasteiger partial charge in [-0.3, -0.25) is 0 Å². The van der Waals surface area contributed by atoms with Crippen molar-refractivity contribution >= 4 is 28.6 Å². The van der Waals surface area contributed by atoms with Crippen LogP contribution in [0.1, 0.15) is 19.3 Å². The fraction of sp³-hybridized carbons (Fsp3) is 0.500. The number of nitrogen functional groups attached to an aromatic ring is 1. The van der Waals surface area contributed by atoms with E-state index < -0.39 is 0 Å². The maximum Gasteiger partial charge on any atom is 0.201 e. The molecule has 1 aliphatic carbocycles. The number of hydrogen-bond acceptors (Lipinski definition) is 3. The Kier molecular flexibility index (Phi) is 2.95. The molecule has 4 nitrogen and oxygen atoms in total. The number of halogens is 1. The van der Waals surface area contributed by atoms with E-state index in [9.17, 15) is 0 Å². The second kappa shape index (κ2) is 4.39. The summed E-state index contributed by atoms with van der Waals surface area (Å²) in [6, 6.07) is 5.84. The zero-order valence-electron chi connectivity index (χ0n) is 11.4. The molecule has 2 aromatic rings. The predicted molar refractivity (Wildman–Crippen MR) is 79.4 cm³/mol. The molecule has 0 radical (unpaired) electrons. The number of aromatic nitrogens is 2. The maximum absolute atomic E-state index is 6.18. The molecule has 0 spiro atoms. The van der Waals surface area contributed by atoms with E-state index in [4.69, 9.17) is 17.3 Å². The lowest BCUT2D eigenvalue weighted by molar-refractivity contribution is 0.0440. The van der Waals surface area contributed by atoms with Crippen LogP contribution in [-0.2, 0) is 6.54 Å². The summed E-state index contributed by atoms with van der Waals surface area (Å²) in [5.41, 5.74) is 8.12. The van der Waals surface area contributed by atoms with Crippen LogP contribution in [-0.4, -0.2) is 34.1 Å². The van der Waals surface area contributed by atoms with Crippen LogP contribution in [0.2, 0.25) is 5.02 Å². The molecule has 102 valence electrons.